The van der Waals surface area contributed by atoms with E-state index in [4.69, 9.17) is 24.5 Å². The average molecular weight is 413 g/mol. The maximum absolute atomic E-state index is 13.0. The molecule has 1 aliphatic carbocycles. The van der Waals surface area contributed by atoms with Crippen molar-refractivity contribution in [3.63, 3.8) is 0 Å². The molecule has 9 heteroatoms. The van der Waals surface area contributed by atoms with Crippen LogP contribution in [0.15, 0.2) is 12.2 Å². The van der Waals surface area contributed by atoms with Crippen LogP contribution in [-0.4, -0.2) is 53.0 Å². The Bertz CT molecular complexity index is 550. The minimum absolute atomic E-state index is 0.0819. The quantitative estimate of drug-likeness (QED) is 0.421. The van der Waals surface area contributed by atoms with Gasteiger partial charge in [-0.3, -0.25) is 0 Å². The van der Waals surface area contributed by atoms with E-state index in [2.05, 4.69) is 0 Å². The summed E-state index contributed by atoms with van der Waals surface area (Å²) < 4.78 is 39.7. The van der Waals surface area contributed by atoms with Gasteiger partial charge in [-0.05, 0) is 33.6 Å². The van der Waals surface area contributed by atoms with Gasteiger partial charge in [-0.2, -0.15) is 0 Å². The maximum Gasteiger partial charge on any atom is 0.526 e. The lowest BCUT2D eigenvalue weighted by Gasteiger charge is -2.52. The lowest BCUT2D eigenvalue weighted by atomic mass is 9.74. The molecule has 0 saturated carbocycles. The van der Waals surface area contributed by atoms with Gasteiger partial charge in [0.05, 0.1) is 6.10 Å². The molecular formula is C16H32O6S2Si. The first kappa shape index (κ1) is 23.2. The second kappa shape index (κ2) is 8.88. The zero-order valence-electron chi connectivity index (χ0n) is 15.8. The van der Waals surface area contributed by atoms with Crippen molar-refractivity contribution in [2.75, 3.05) is 19.8 Å². The summed E-state index contributed by atoms with van der Waals surface area (Å²) in [5.74, 6) is 0. The van der Waals surface area contributed by atoms with Crippen LogP contribution in [0.2, 0.25) is 0 Å². The largest absolute Gasteiger partial charge is 0.526 e. The van der Waals surface area contributed by atoms with Crippen LogP contribution in [0.1, 0.15) is 53.9 Å². The minimum Gasteiger partial charge on any atom is -0.391 e. The Morgan fingerprint density at radius 1 is 1.20 bits per heavy atom. The topological polar surface area (TPSA) is 85.2 Å². The molecule has 0 aromatic heterocycles. The zero-order valence-corrected chi connectivity index (χ0v) is 18.5. The van der Waals surface area contributed by atoms with Gasteiger partial charge in [0, 0.05) is 36.4 Å². The molecule has 1 rings (SSSR count). The summed E-state index contributed by atoms with van der Waals surface area (Å²) in [5, 5.41) is 11.4. The van der Waals surface area contributed by atoms with Gasteiger partial charge in [-0.25, -0.2) is 4.21 Å². The van der Waals surface area contributed by atoms with E-state index in [9.17, 15) is 13.9 Å². The van der Waals surface area contributed by atoms with Crippen LogP contribution in [-0.2, 0) is 33.2 Å². The molecule has 0 saturated heterocycles. The number of hydrogen-bond donors (Lipinski definition) is 2. The molecule has 0 spiro atoms. The highest BCUT2D eigenvalue weighted by atomic mass is 32.8. The first-order valence-corrected chi connectivity index (χ1v) is 13.0. The predicted octanol–water partition coefficient (Wildman–Crippen LogP) is 2.66. The van der Waals surface area contributed by atoms with Crippen LogP contribution in [0, 0.1) is 5.41 Å². The van der Waals surface area contributed by atoms with E-state index in [0.29, 0.717) is 6.42 Å². The first-order valence-electron chi connectivity index (χ1n) is 8.85. The van der Waals surface area contributed by atoms with E-state index in [-0.39, 0.29) is 26.2 Å². The monoisotopic (exact) mass is 412 g/mol. The van der Waals surface area contributed by atoms with Crippen molar-refractivity contribution in [2.45, 2.75) is 64.4 Å². The van der Waals surface area contributed by atoms with Crippen molar-refractivity contribution in [3.8, 4) is 0 Å². The average Bonchev–Trinajstić information content (AvgIpc) is 2.50. The summed E-state index contributed by atoms with van der Waals surface area (Å²) in [4.78, 5) is 0. The third-order valence-electron chi connectivity index (χ3n) is 4.76. The van der Waals surface area contributed by atoms with Crippen LogP contribution in [0.4, 0.5) is 0 Å². The second-order valence-electron chi connectivity index (χ2n) is 6.48. The van der Waals surface area contributed by atoms with Crippen LogP contribution in [0.5, 0.6) is 0 Å². The Balaban J connectivity index is 3.72. The lowest BCUT2D eigenvalue weighted by molar-refractivity contribution is -0.0130. The predicted molar refractivity (Wildman–Crippen MR) is 104 cm³/mol. The maximum atomic E-state index is 13.0. The van der Waals surface area contributed by atoms with Crippen molar-refractivity contribution < 1.29 is 27.1 Å². The molecule has 0 aromatic rings. The Kier molecular flexibility index (Phi) is 8.23. The van der Waals surface area contributed by atoms with Crippen molar-refractivity contribution in [1.29, 1.82) is 0 Å². The van der Waals surface area contributed by atoms with Gasteiger partial charge in [-0.15, -0.1) is 0 Å². The highest BCUT2D eigenvalue weighted by molar-refractivity contribution is 8.31. The molecule has 25 heavy (non-hydrogen) atoms. The summed E-state index contributed by atoms with van der Waals surface area (Å²) in [6.45, 7) is 9.89. The van der Waals surface area contributed by atoms with Crippen molar-refractivity contribution in [1.82, 2.24) is 0 Å². The van der Waals surface area contributed by atoms with Gasteiger partial charge >= 0.3 is 8.80 Å². The standard InChI is InChI=1S/C16H32O6S2Si/c1-6-11-15(5)12-10-13-16(14(15)17,24(18,19)23)25(20-7-2,21-8-3)22-9-4/h10,12,14,17H,6-9,11,13H2,1-5H3,(H,18,19,23). The SMILES string of the molecule is CCCC1(C)C=CCC([Si](OCC)(OCC)OCC)(S(=O)(O)=S)C1O. The number of aliphatic hydroxyl groups is 1. The van der Waals surface area contributed by atoms with Crippen LogP contribution in [0.25, 0.3) is 0 Å². The number of aliphatic hydroxyl groups excluding tert-OH is 1. The molecule has 0 aliphatic heterocycles. The molecular weight excluding hydrogens is 380 g/mol. The zero-order chi connectivity index (χ0) is 19.4. The molecule has 0 heterocycles. The Hall–Kier alpha value is 0.127. The van der Waals surface area contributed by atoms with E-state index in [1.807, 2.05) is 26.0 Å². The van der Waals surface area contributed by atoms with Gasteiger partial charge in [0.2, 0.25) is 0 Å². The summed E-state index contributed by atoms with van der Waals surface area (Å²) in [7, 11) is -7.72. The Morgan fingerprint density at radius 2 is 1.68 bits per heavy atom. The summed E-state index contributed by atoms with van der Waals surface area (Å²) in [6.07, 6.45) is 4.04. The van der Waals surface area contributed by atoms with Gasteiger partial charge in [0.15, 0.2) is 13.1 Å². The fraction of sp³-hybridized carbons (Fsp3) is 0.875. The van der Waals surface area contributed by atoms with Crippen molar-refractivity contribution >= 4 is 28.8 Å². The number of rotatable bonds is 10. The van der Waals surface area contributed by atoms with Gasteiger partial charge in [0.25, 0.3) is 0 Å². The highest BCUT2D eigenvalue weighted by Crippen LogP contribution is 2.49. The Morgan fingerprint density at radius 3 is 2.04 bits per heavy atom. The Labute approximate surface area is 157 Å². The van der Waals surface area contributed by atoms with Crippen molar-refractivity contribution in [3.05, 3.63) is 12.2 Å². The third-order valence-corrected chi connectivity index (χ3v) is 12.5. The third kappa shape index (κ3) is 4.03. The smallest absolute Gasteiger partial charge is 0.391 e. The molecule has 0 amide bonds. The number of hydrogen-bond acceptors (Lipinski definition) is 6. The fourth-order valence-corrected chi connectivity index (χ4v) is 11.0. The molecule has 0 fully saturated rings. The van der Waals surface area contributed by atoms with Gasteiger partial charge in [-0.1, -0.05) is 32.4 Å². The van der Waals surface area contributed by atoms with E-state index in [0.717, 1.165) is 6.42 Å². The van der Waals surface area contributed by atoms with E-state index in [1.165, 1.54) is 0 Å². The van der Waals surface area contributed by atoms with Gasteiger partial charge in [0.1, 0.15) is 0 Å². The fourth-order valence-electron chi connectivity index (χ4n) is 3.76. The molecule has 0 bridgehead atoms. The molecule has 148 valence electrons. The van der Waals surface area contributed by atoms with E-state index < -0.39 is 33.5 Å². The van der Waals surface area contributed by atoms with Gasteiger partial charge < -0.3 is 22.9 Å². The minimum atomic E-state index is -3.93. The summed E-state index contributed by atoms with van der Waals surface area (Å²) in [5.41, 5.74) is -0.708. The van der Waals surface area contributed by atoms with Crippen LogP contribution >= 0.6 is 0 Å². The van der Waals surface area contributed by atoms with Crippen LogP contribution in [0.3, 0.4) is 0 Å². The lowest BCUT2D eigenvalue weighted by Crippen LogP contribution is -2.75. The summed E-state index contributed by atoms with van der Waals surface area (Å²) >= 11 is 5.06. The molecule has 4 atom stereocenters. The first-order chi connectivity index (χ1) is 11.6. The molecule has 0 aromatic carbocycles. The van der Waals surface area contributed by atoms with Crippen molar-refractivity contribution in [2.24, 2.45) is 5.41 Å². The van der Waals surface area contributed by atoms with E-state index >= 15 is 0 Å². The second-order valence-corrected chi connectivity index (χ2v) is 12.8. The molecule has 1 aliphatic rings. The molecule has 2 N–H and O–H groups in total. The van der Waals surface area contributed by atoms with E-state index in [1.54, 1.807) is 20.8 Å². The molecule has 6 nitrogen and oxygen atoms in total. The summed E-state index contributed by atoms with van der Waals surface area (Å²) in [6, 6.07) is 0. The normalized spacial score (nSPS) is 32.5. The molecule has 4 unspecified atom stereocenters. The number of allylic oxidation sites excluding steroid dienone is 1. The highest BCUT2D eigenvalue weighted by Gasteiger charge is 2.73. The molecule has 0 radical (unpaired) electrons. The van der Waals surface area contributed by atoms with Crippen LogP contribution < -0.4 is 0 Å².